The maximum absolute atomic E-state index is 10.4. The van der Waals surface area contributed by atoms with Crippen molar-refractivity contribution in [2.45, 2.75) is 44.2 Å². The Morgan fingerprint density at radius 2 is 1.86 bits per heavy atom. The SMILES string of the molecule is CC1(O)CCN(c2cccc(-c3cc(-c4ccnn4C4CCOCC4)c4c(N)ncnn34)c2)CC1. The molecule has 6 rings (SSSR count). The van der Waals surface area contributed by atoms with Crippen molar-refractivity contribution >= 4 is 17.0 Å². The lowest BCUT2D eigenvalue weighted by Crippen LogP contribution is -2.42. The van der Waals surface area contributed by atoms with Gasteiger partial charge in [0.25, 0.3) is 0 Å². The van der Waals surface area contributed by atoms with E-state index in [1.165, 1.54) is 6.33 Å². The molecule has 0 saturated carbocycles. The number of benzene rings is 1. The second-order valence-electron chi connectivity index (χ2n) is 9.89. The van der Waals surface area contributed by atoms with Gasteiger partial charge in [-0.3, -0.25) is 4.68 Å². The third-order valence-corrected chi connectivity index (χ3v) is 7.41. The van der Waals surface area contributed by atoms with Gasteiger partial charge in [0.1, 0.15) is 11.8 Å². The lowest BCUT2D eigenvalue weighted by molar-refractivity contribution is 0.0351. The van der Waals surface area contributed by atoms with E-state index >= 15 is 0 Å². The Labute approximate surface area is 204 Å². The summed E-state index contributed by atoms with van der Waals surface area (Å²) in [6.45, 7) is 5.07. The fraction of sp³-hybridized carbons (Fsp3) is 0.423. The van der Waals surface area contributed by atoms with Gasteiger partial charge in [-0.25, -0.2) is 9.50 Å². The lowest BCUT2D eigenvalue weighted by atomic mass is 9.93. The zero-order valence-electron chi connectivity index (χ0n) is 20.0. The highest BCUT2D eigenvalue weighted by Gasteiger charge is 2.28. The van der Waals surface area contributed by atoms with Crippen LogP contribution in [0.2, 0.25) is 0 Å². The molecule has 9 nitrogen and oxygen atoms in total. The molecule has 2 saturated heterocycles. The molecule has 3 N–H and O–H groups in total. The van der Waals surface area contributed by atoms with Crippen LogP contribution in [0.4, 0.5) is 11.5 Å². The van der Waals surface area contributed by atoms with Crippen molar-refractivity contribution in [3.8, 4) is 22.5 Å². The summed E-state index contributed by atoms with van der Waals surface area (Å²) in [5.41, 5.74) is 11.7. The van der Waals surface area contributed by atoms with E-state index < -0.39 is 5.60 Å². The Morgan fingerprint density at radius 1 is 1.06 bits per heavy atom. The number of nitrogens with zero attached hydrogens (tertiary/aromatic N) is 6. The quantitative estimate of drug-likeness (QED) is 0.467. The standard InChI is InChI=1S/C26H31N7O2/c1-26(34)8-11-31(12-9-26)20-4-2-3-18(15-20)23-16-21(24-25(27)28-17-30-33(23)24)22-5-10-29-32(22)19-6-13-35-14-7-19/h2-5,10,15-17,19,34H,6-9,11-14H2,1H3,(H2,27,28,30). The second-order valence-corrected chi connectivity index (χ2v) is 9.89. The van der Waals surface area contributed by atoms with E-state index in [2.05, 4.69) is 55.1 Å². The van der Waals surface area contributed by atoms with Crippen molar-refractivity contribution < 1.29 is 9.84 Å². The largest absolute Gasteiger partial charge is 0.390 e. The van der Waals surface area contributed by atoms with Crippen molar-refractivity contribution in [1.29, 1.82) is 0 Å². The number of piperidine rings is 1. The fourth-order valence-corrected chi connectivity index (χ4v) is 5.33. The van der Waals surface area contributed by atoms with Crippen LogP contribution in [0.5, 0.6) is 0 Å². The molecule has 5 heterocycles. The molecule has 2 aliphatic rings. The molecule has 0 unspecified atom stereocenters. The van der Waals surface area contributed by atoms with Crippen LogP contribution in [-0.4, -0.2) is 61.4 Å². The summed E-state index contributed by atoms with van der Waals surface area (Å²) in [4.78, 5) is 6.63. The summed E-state index contributed by atoms with van der Waals surface area (Å²) in [6.07, 6.45) is 6.74. The van der Waals surface area contributed by atoms with Crippen molar-refractivity contribution in [2.24, 2.45) is 0 Å². The van der Waals surface area contributed by atoms with E-state index in [9.17, 15) is 5.11 Å². The number of fused-ring (bicyclic) bond motifs is 1. The minimum Gasteiger partial charge on any atom is -0.390 e. The highest BCUT2D eigenvalue weighted by Crippen LogP contribution is 2.37. The van der Waals surface area contributed by atoms with Crippen LogP contribution in [-0.2, 0) is 4.74 Å². The van der Waals surface area contributed by atoms with E-state index in [0.29, 0.717) is 5.82 Å². The average Bonchev–Trinajstić information content (AvgIpc) is 3.50. The predicted octanol–water partition coefficient (Wildman–Crippen LogP) is 3.54. The molecule has 0 spiro atoms. The van der Waals surface area contributed by atoms with Crippen LogP contribution in [0.1, 0.15) is 38.6 Å². The summed E-state index contributed by atoms with van der Waals surface area (Å²) < 4.78 is 9.55. The molecular formula is C26H31N7O2. The normalized spacial score (nSPS) is 18.9. The Hall–Kier alpha value is -3.43. The van der Waals surface area contributed by atoms with Crippen LogP contribution in [0.15, 0.2) is 48.9 Å². The Bertz CT molecular complexity index is 1340. The molecular weight excluding hydrogens is 442 g/mol. The molecule has 35 heavy (non-hydrogen) atoms. The first-order valence-corrected chi connectivity index (χ1v) is 12.3. The van der Waals surface area contributed by atoms with E-state index in [1.807, 2.05) is 23.7 Å². The number of nitrogens with two attached hydrogens (primary N) is 1. The van der Waals surface area contributed by atoms with Crippen LogP contribution >= 0.6 is 0 Å². The number of ether oxygens (including phenoxy) is 1. The molecule has 2 fully saturated rings. The molecule has 0 aliphatic carbocycles. The number of anilines is 2. The highest BCUT2D eigenvalue weighted by molar-refractivity contribution is 5.91. The van der Waals surface area contributed by atoms with E-state index in [-0.39, 0.29) is 6.04 Å². The number of aliphatic hydroxyl groups is 1. The van der Waals surface area contributed by atoms with E-state index in [1.54, 1.807) is 0 Å². The minimum absolute atomic E-state index is 0.289. The van der Waals surface area contributed by atoms with Gasteiger partial charge in [0, 0.05) is 49.3 Å². The smallest absolute Gasteiger partial charge is 0.152 e. The van der Waals surface area contributed by atoms with E-state index in [4.69, 9.17) is 10.5 Å². The summed E-state index contributed by atoms with van der Waals surface area (Å²) in [6, 6.07) is 13.0. The molecule has 1 aromatic carbocycles. The first-order chi connectivity index (χ1) is 17.0. The van der Waals surface area contributed by atoms with Crippen LogP contribution in [0.3, 0.4) is 0 Å². The number of hydrogen-bond acceptors (Lipinski definition) is 7. The summed E-state index contributed by atoms with van der Waals surface area (Å²) in [7, 11) is 0. The van der Waals surface area contributed by atoms with Gasteiger partial charge in [0.05, 0.1) is 23.0 Å². The Kier molecular flexibility index (Phi) is 5.46. The number of hydrogen-bond donors (Lipinski definition) is 2. The molecule has 2 aliphatic heterocycles. The van der Waals surface area contributed by atoms with Crippen molar-refractivity contribution in [3.05, 3.63) is 48.9 Å². The zero-order valence-corrected chi connectivity index (χ0v) is 20.0. The molecule has 0 atom stereocenters. The third kappa shape index (κ3) is 4.04. The summed E-state index contributed by atoms with van der Waals surface area (Å²) in [5.74, 6) is 0.440. The average molecular weight is 474 g/mol. The van der Waals surface area contributed by atoms with Crippen molar-refractivity contribution in [3.63, 3.8) is 0 Å². The maximum atomic E-state index is 10.4. The minimum atomic E-state index is -0.581. The number of nitrogen functional groups attached to an aromatic ring is 1. The first kappa shape index (κ1) is 22.1. The van der Waals surface area contributed by atoms with Gasteiger partial charge in [0.15, 0.2) is 5.82 Å². The molecule has 0 amide bonds. The summed E-state index contributed by atoms with van der Waals surface area (Å²) in [5, 5.41) is 19.6. The third-order valence-electron chi connectivity index (χ3n) is 7.41. The van der Waals surface area contributed by atoms with Gasteiger partial charge >= 0.3 is 0 Å². The van der Waals surface area contributed by atoms with Gasteiger partial charge < -0.3 is 20.5 Å². The monoisotopic (exact) mass is 473 g/mol. The molecule has 3 aromatic heterocycles. The second kappa shape index (κ2) is 8.66. The highest BCUT2D eigenvalue weighted by atomic mass is 16.5. The topological polar surface area (TPSA) is 107 Å². The number of rotatable bonds is 4. The van der Waals surface area contributed by atoms with Crippen LogP contribution in [0.25, 0.3) is 28.0 Å². The van der Waals surface area contributed by atoms with E-state index in [0.717, 1.165) is 85.7 Å². The summed E-state index contributed by atoms with van der Waals surface area (Å²) >= 11 is 0. The number of aromatic nitrogens is 5. The van der Waals surface area contributed by atoms with Gasteiger partial charge in [0.2, 0.25) is 0 Å². The fourth-order valence-electron chi connectivity index (χ4n) is 5.33. The Morgan fingerprint density at radius 3 is 2.66 bits per heavy atom. The Balaban J connectivity index is 1.43. The molecule has 9 heteroatoms. The van der Waals surface area contributed by atoms with Gasteiger partial charge in [-0.2, -0.15) is 10.2 Å². The van der Waals surface area contributed by atoms with Gasteiger partial charge in [-0.1, -0.05) is 12.1 Å². The predicted molar refractivity (Wildman–Crippen MR) is 135 cm³/mol. The zero-order chi connectivity index (χ0) is 24.0. The molecule has 182 valence electrons. The van der Waals surface area contributed by atoms with Gasteiger partial charge in [-0.05, 0) is 56.9 Å². The lowest BCUT2D eigenvalue weighted by Gasteiger charge is -2.37. The molecule has 0 radical (unpaired) electrons. The first-order valence-electron chi connectivity index (χ1n) is 12.3. The van der Waals surface area contributed by atoms with Crippen molar-refractivity contribution in [2.75, 3.05) is 36.9 Å². The van der Waals surface area contributed by atoms with Crippen LogP contribution in [0, 0.1) is 0 Å². The van der Waals surface area contributed by atoms with Crippen LogP contribution < -0.4 is 10.6 Å². The van der Waals surface area contributed by atoms with Gasteiger partial charge in [-0.15, -0.1) is 0 Å². The molecule has 0 bridgehead atoms. The maximum Gasteiger partial charge on any atom is 0.152 e. The van der Waals surface area contributed by atoms with Crippen molar-refractivity contribution in [1.82, 2.24) is 24.4 Å². The molecule has 4 aromatic rings.